The molecule has 7 heavy (non-hydrogen) atoms. The van der Waals surface area contributed by atoms with Gasteiger partial charge < -0.3 is 0 Å². The fourth-order valence-corrected chi connectivity index (χ4v) is 1.04. The zero-order chi connectivity index (χ0) is 5.91. The predicted octanol–water partition coefficient (Wildman–Crippen LogP) is 2.88. The van der Waals surface area contributed by atoms with Gasteiger partial charge >= 0.3 is 0 Å². The third-order valence-electron chi connectivity index (χ3n) is 0.266. The standard InChI is InChI=1S/C3H4Cl3S/c1-2-7-3(4,5)6/h1-2H2. The minimum atomic E-state index is -1.18. The zero-order valence-corrected chi connectivity index (χ0v) is 6.54. The van der Waals surface area contributed by atoms with Crippen LogP contribution in [-0.2, 0) is 0 Å². The molecule has 0 atom stereocenters. The molecule has 0 aliphatic heterocycles. The van der Waals surface area contributed by atoms with E-state index in [2.05, 4.69) is 6.92 Å². The molecule has 1 radical (unpaired) electrons. The Kier molecular flexibility index (Phi) is 3.86. The highest BCUT2D eigenvalue weighted by atomic mass is 35.6. The van der Waals surface area contributed by atoms with Gasteiger partial charge in [-0.25, -0.2) is 0 Å². The first-order valence-corrected chi connectivity index (χ1v) is 3.68. The summed E-state index contributed by atoms with van der Waals surface area (Å²) in [7, 11) is 0. The molecule has 0 N–H and O–H groups in total. The lowest BCUT2D eigenvalue weighted by Gasteiger charge is -2.05. The van der Waals surface area contributed by atoms with Crippen molar-refractivity contribution in [2.24, 2.45) is 0 Å². The quantitative estimate of drug-likeness (QED) is 0.557. The van der Waals surface area contributed by atoms with Crippen LogP contribution in [0.25, 0.3) is 0 Å². The van der Waals surface area contributed by atoms with E-state index in [-0.39, 0.29) is 0 Å². The smallest absolute Gasteiger partial charge is 0.107 e. The molecule has 0 amide bonds. The maximum absolute atomic E-state index is 5.29. The zero-order valence-electron chi connectivity index (χ0n) is 3.46. The summed E-state index contributed by atoms with van der Waals surface area (Å²) in [5.41, 5.74) is 0. The van der Waals surface area contributed by atoms with E-state index in [4.69, 9.17) is 34.8 Å². The van der Waals surface area contributed by atoms with Gasteiger partial charge in [0, 0.05) is 0 Å². The van der Waals surface area contributed by atoms with Gasteiger partial charge in [0.25, 0.3) is 0 Å². The Bertz CT molecular complexity index is 48.6. The Labute approximate surface area is 62.5 Å². The molecule has 0 bridgehead atoms. The minimum Gasteiger partial charge on any atom is -0.107 e. The monoisotopic (exact) mass is 177 g/mol. The van der Waals surface area contributed by atoms with Crippen molar-refractivity contribution in [3.63, 3.8) is 0 Å². The Morgan fingerprint density at radius 1 is 1.43 bits per heavy atom. The second-order valence-electron chi connectivity index (χ2n) is 0.794. The first-order chi connectivity index (χ1) is 3.06. The van der Waals surface area contributed by atoms with Crippen molar-refractivity contribution in [2.75, 3.05) is 5.75 Å². The van der Waals surface area contributed by atoms with Crippen molar-refractivity contribution in [1.29, 1.82) is 0 Å². The van der Waals surface area contributed by atoms with Crippen molar-refractivity contribution >= 4 is 46.6 Å². The SMILES string of the molecule is [CH2]CSC(Cl)(Cl)Cl. The lowest BCUT2D eigenvalue weighted by Crippen LogP contribution is -1.92. The number of thioether (sulfide) groups is 1. The van der Waals surface area contributed by atoms with Gasteiger partial charge in [-0.15, -0.1) is 11.8 Å². The Balaban J connectivity index is 3.15. The van der Waals surface area contributed by atoms with Crippen LogP contribution in [0.3, 0.4) is 0 Å². The maximum atomic E-state index is 5.29. The predicted molar refractivity (Wildman–Crippen MR) is 38.1 cm³/mol. The molecule has 0 nitrogen and oxygen atoms in total. The van der Waals surface area contributed by atoms with E-state index in [0.29, 0.717) is 5.75 Å². The number of hydrogen-bond donors (Lipinski definition) is 0. The van der Waals surface area contributed by atoms with Gasteiger partial charge in [-0.1, -0.05) is 34.8 Å². The molecule has 0 aromatic rings. The van der Waals surface area contributed by atoms with Crippen LogP contribution in [0.5, 0.6) is 0 Å². The summed E-state index contributed by atoms with van der Waals surface area (Å²) in [5.74, 6) is 0.580. The molecule has 0 aliphatic rings. The highest BCUT2D eigenvalue weighted by Gasteiger charge is 2.17. The Morgan fingerprint density at radius 3 is 1.86 bits per heavy atom. The molecule has 0 aromatic heterocycles. The van der Waals surface area contributed by atoms with Crippen LogP contribution in [0, 0.1) is 6.92 Å². The van der Waals surface area contributed by atoms with Gasteiger partial charge in [0.2, 0.25) is 3.12 Å². The summed E-state index contributed by atoms with van der Waals surface area (Å²) in [6.07, 6.45) is 0. The molecule has 0 rings (SSSR count). The van der Waals surface area contributed by atoms with Crippen molar-refractivity contribution in [1.82, 2.24) is 0 Å². The van der Waals surface area contributed by atoms with E-state index < -0.39 is 3.12 Å². The first-order valence-electron chi connectivity index (χ1n) is 1.56. The minimum absolute atomic E-state index is 0.580. The van der Waals surface area contributed by atoms with E-state index in [0.717, 1.165) is 0 Å². The second-order valence-corrected chi connectivity index (χ2v) is 5.06. The van der Waals surface area contributed by atoms with E-state index in [9.17, 15) is 0 Å². The molecule has 43 valence electrons. The molecule has 0 saturated heterocycles. The van der Waals surface area contributed by atoms with Crippen LogP contribution >= 0.6 is 46.6 Å². The molecular formula is C3H4Cl3S. The second kappa shape index (κ2) is 3.29. The van der Waals surface area contributed by atoms with Crippen molar-refractivity contribution < 1.29 is 0 Å². The van der Waals surface area contributed by atoms with Crippen molar-refractivity contribution in [3.8, 4) is 0 Å². The van der Waals surface area contributed by atoms with E-state index >= 15 is 0 Å². The third-order valence-corrected chi connectivity index (χ3v) is 1.78. The molecule has 0 aromatic carbocycles. The molecular weight excluding hydrogens is 174 g/mol. The highest BCUT2D eigenvalue weighted by molar-refractivity contribution is 8.04. The normalized spacial score (nSPS) is 12.0. The molecule has 0 fully saturated rings. The summed E-state index contributed by atoms with van der Waals surface area (Å²) >= 11 is 17.0. The summed E-state index contributed by atoms with van der Waals surface area (Å²) in [4.78, 5) is 0. The summed E-state index contributed by atoms with van der Waals surface area (Å²) < 4.78 is -1.18. The van der Waals surface area contributed by atoms with Gasteiger partial charge in [-0.2, -0.15) is 0 Å². The van der Waals surface area contributed by atoms with Gasteiger partial charge in [-0.05, 0) is 12.7 Å². The van der Waals surface area contributed by atoms with E-state index in [1.165, 1.54) is 11.8 Å². The Hall–Kier alpha value is 1.22. The lowest BCUT2D eigenvalue weighted by atomic mass is 11.0. The molecule has 0 unspecified atom stereocenters. The largest absolute Gasteiger partial charge is 0.237 e. The first kappa shape index (κ1) is 8.22. The Morgan fingerprint density at radius 2 is 1.86 bits per heavy atom. The number of rotatable bonds is 1. The molecule has 4 heteroatoms. The number of alkyl halides is 3. The summed E-state index contributed by atoms with van der Waals surface area (Å²) in [6, 6.07) is 0. The van der Waals surface area contributed by atoms with Crippen LogP contribution in [0.15, 0.2) is 0 Å². The third kappa shape index (κ3) is 7.22. The van der Waals surface area contributed by atoms with E-state index in [1.54, 1.807) is 0 Å². The van der Waals surface area contributed by atoms with Crippen LogP contribution < -0.4 is 0 Å². The van der Waals surface area contributed by atoms with Crippen LogP contribution in [0.1, 0.15) is 0 Å². The van der Waals surface area contributed by atoms with Crippen molar-refractivity contribution in [3.05, 3.63) is 6.92 Å². The van der Waals surface area contributed by atoms with Crippen LogP contribution in [-0.4, -0.2) is 8.88 Å². The summed E-state index contributed by atoms with van der Waals surface area (Å²) in [6.45, 7) is 3.48. The lowest BCUT2D eigenvalue weighted by molar-refractivity contribution is 1.71. The van der Waals surface area contributed by atoms with Crippen LogP contribution in [0.2, 0.25) is 0 Å². The molecule has 0 aliphatic carbocycles. The molecule has 0 heterocycles. The highest BCUT2D eigenvalue weighted by Crippen LogP contribution is 2.38. The molecule has 0 saturated carbocycles. The number of halogens is 3. The average molecular weight is 178 g/mol. The topological polar surface area (TPSA) is 0 Å². The average Bonchev–Trinajstić information content (AvgIpc) is 1.30. The maximum Gasteiger partial charge on any atom is 0.237 e. The fourth-order valence-electron chi connectivity index (χ4n) is 0.116. The van der Waals surface area contributed by atoms with Crippen LogP contribution in [0.4, 0.5) is 0 Å². The van der Waals surface area contributed by atoms with Gasteiger partial charge in [0.15, 0.2) is 0 Å². The summed E-state index contributed by atoms with van der Waals surface area (Å²) in [5, 5.41) is 0. The van der Waals surface area contributed by atoms with Gasteiger partial charge in [0.1, 0.15) is 0 Å². The van der Waals surface area contributed by atoms with E-state index in [1.807, 2.05) is 0 Å². The van der Waals surface area contributed by atoms with Gasteiger partial charge in [0.05, 0.1) is 0 Å². The number of hydrogen-bond acceptors (Lipinski definition) is 1. The van der Waals surface area contributed by atoms with Gasteiger partial charge in [-0.3, -0.25) is 0 Å². The van der Waals surface area contributed by atoms with Crippen molar-refractivity contribution in [2.45, 2.75) is 3.12 Å². The fraction of sp³-hybridized carbons (Fsp3) is 0.667. The molecule has 0 spiro atoms.